The molecule has 1 N–H and O–H groups in total. The summed E-state index contributed by atoms with van der Waals surface area (Å²) in [5.41, 5.74) is 1.36. The zero-order chi connectivity index (χ0) is 14.1. The molecule has 0 unspecified atom stereocenters. The first-order chi connectivity index (χ1) is 9.63. The van der Waals surface area contributed by atoms with Crippen LogP contribution in [-0.2, 0) is 6.42 Å². The third-order valence-corrected chi connectivity index (χ3v) is 3.08. The molecule has 1 aromatic heterocycles. The van der Waals surface area contributed by atoms with Crippen molar-refractivity contribution >= 4 is 10.9 Å². The van der Waals surface area contributed by atoms with Crippen molar-refractivity contribution in [3.63, 3.8) is 0 Å². The summed E-state index contributed by atoms with van der Waals surface area (Å²) in [5.74, 6) is -1.09. The minimum atomic E-state index is -0.776. The predicted octanol–water partition coefficient (Wildman–Crippen LogP) is 2.21. The first kappa shape index (κ1) is 12.3. The molecule has 3 aromatic rings. The number of aromatic amines is 1. The molecule has 100 valence electrons. The zero-order valence-corrected chi connectivity index (χ0v) is 10.4. The summed E-state index contributed by atoms with van der Waals surface area (Å²) in [6, 6.07) is 11.2. The van der Waals surface area contributed by atoms with Gasteiger partial charge in [0.2, 0.25) is 0 Å². The van der Waals surface area contributed by atoms with Crippen molar-refractivity contribution in [2.45, 2.75) is 6.42 Å². The van der Waals surface area contributed by atoms with Crippen LogP contribution in [0, 0.1) is 5.82 Å². The summed E-state index contributed by atoms with van der Waals surface area (Å²) in [7, 11) is 0. The molecule has 0 amide bonds. The van der Waals surface area contributed by atoms with E-state index in [1.807, 2.05) is 0 Å². The predicted molar refractivity (Wildman–Crippen MR) is 72.3 cm³/mol. The first-order valence-corrected chi connectivity index (χ1v) is 6.03. The smallest absolute Gasteiger partial charge is 0.372 e. The molecule has 0 aliphatic carbocycles. The summed E-state index contributed by atoms with van der Waals surface area (Å²) in [6.07, 6.45) is 0.453. The Hall–Kier alpha value is -2.69. The number of benzene rings is 2. The second-order valence-corrected chi connectivity index (χ2v) is 4.44. The Morgan fingerprint density at radius 2 is 1.80 bits per heavy atom. The fourth-order valence-electron chi connectivity index (χ4n) is 2.19. The molecule has 20 heavy (non-hydrogen) atoms. The van der Waals surface area contributed by atoms with Gasteiger partial charge in [0.15, 0.2) is 0 Å². The first-order valence-electron chi connectivity index (χ1n) is 6.03. The molecule has 0 fully saturated rings. The SMILES string of the molecule is O=c1[nH]c2cccc(Cc3ccc(F)cc3)c2c(=O)o1. The van der Waals surface area contributed by atoms with Gasteiger partial charge >= 0.3 is 11.4 Å². The van der Waals surface area contributed by atoms with E-state index in [2.05, 4.69) is 9.40 Å². The molecule has 1 heterocycles. The van der Waals surface area contributed by atoms with Gasteiger partial charge in [-0.1, -0.05) is 24.3 Å². The van der Waals surface area contributed by atoms with Crippen molar-refractivity contribution in [2.24, 2.45) is 0 Å². The van der Waals surface area contributed by atoms with Crippen LogP contribution in [-0.4, -0.2) is 4.98 Å². The minimum absolute atomic E-state index is 0.310. The molecule has 0 spiro atoms. The fourth-order valence-corrected chi connectivity index (χ4v) is 2.19. The summed E-state index contributed by atoms with van der Waals surface area (Å²) in [5, 5.41) is 0.344. The van der Waals surface area contributed by atoms with Gasteiger partial charge in [0.05, 0.1) is 10.9 Å². The van der Waals surface area contributed by atoms with E-state index in [1.165, 1.54) is 12.1 Å². The van der Waals surface area contributed by atoms with Gasteiger partial charge in [-0.2, -0.15) is 0 Å². The molecule has 0 bridgehead atoms. The number of hydrogen-bond acceptors (Lipinski definition) is 3. The fraction of sp³-hybridized carbons (Fsp3) is 0.0667. The van der Waals surface area contributed by atoms with E-state index in [4.69, 9.17) is 0 Å². The Morgan fingerprint density at radius 3 is 2.55 bits per heavy atom. The maximum absolute atomic E-state index is 12.9. The second kappa shape index (κ2) is 4.77. The Morgan fingerprint density at radius 1 is 1.05 bits per heavy atom. The normalized spacial score (nSPS) is 10.8. The number of hydrogen-bond donors (Lipinski definition) is 1. The van der Waals surface area contributed by atoms with Crippen molar-refractivity contribution in [1.29, 1.82) is 0 Å². The summed E-state index contributed by atoms with van der Waals surface area (Å²) >= 11 is 0. The Kier molecular flexibility index (Phi) is 2.95. The maximum Gasteiger partial charge on any atom is 0.419 e. The molecule has 0 radical (unpaired) electrons. The van der Waals surface area contributed by atoms with Crippen LogP contribution in [0.5, 0.6) is 0 Å². The van der Waals surface area contributed by atoms with Gasteiger partial charge in [-0.15, -0.1) is 0 Å². The van der Waals surface area contributed by atoms with Crippen LogP contribution in [0.1, 0.15) is 11.1 Å². The van der Waals surface area contributed by atoms with Crippen LogP contribution >= 0.6 is 0 Å². The van der Waals surface area contributed by atoms with E-state index in [9.17, 15) is 14.0 Å². The Bertz CT molecular complexity index is 878. The van der Waals surface area contributed by atoms with Crippen molar-refractivity contribution in [3.8, 4) is 0 Å². The Balaban J connectivity index is 2.14. The highest BCUT2D eigenvalue weighted by atomic mass is 19.1. The summed E-state index contributed by atoms with van der Waals surface area (Å²) in [6.45, 7) is 0. The molecular formula is C15H10FNO3. The van der Waals surface area contributed by atoms with Gasteiger partial charge in [0, 0.05) is 0 Å². The van der Waals surface area contributed by atoms with Crippen molar-refractivity contribution < 1.29 is 8.81 Å². The van der Waals surface area contributed by atoms with Crippen molar-refractivity contribution in [1.82, 2.24) is 4.98 Å². The molecule has 2 aromatic carbocycles. The molecule has 5 heteroatoms. The molecule has 0 aliphatic heterocycles. The third-order valence-electron chi connectivity index (χ3n) is 3.08. The average Bonchev–Trinajstić information content (AvgIpc) is 2.41. The highest BCUT2D eigenvalue weighted by Gasteiger charge is 2.08. The summed E-state index contributed by atoms with van der Waals surface area (Å²) < 4.78 is 17.4. The minimum Gasteiger partial charge on any atom is -0.372 e. The van der Waals surface area contributed by atoms with Gasteiger partial charge in [-0.25, -0.2) is 14.0 Å². The molecule has 0 atom stereocenters. The highest BCUT2D eigenvalue weighted by molar-refractivity contribution is 5.80. The van der Waals surface area contributed by atoms with E-state index >= 15 is 0 Å². The number of nitrogens with one attached hydrogen (secondary N) is 1. The lowest BCUT2D eigenvalue weighted by molar-refractivity contribution is 0.459. The van der Waals surface area contributed by atoms with E-state index in [0.717, 1.165) is 11.1 Å². The van der Waals surface area contributed by atoms with Gasteiger partial charge in [-0.3, -0.25) is 4.98 Å². The van der Waals surface area contributed by atoms with Gasteiger partial charge in [-0.05, 0) is 35.7 Å². The number of rotatable bonds is 2. The quantitative estimate of drug-likeness (QED) is 0.777. The standard InChI is InChI=1S/C15H10FNO3/c16-11-6-4-9(5-7-11)8-10-2-1-3-12-13(10)14(18)20-15(19)17-12/h1-7H,8H2,(H,17,19). The van der Waals surface area contributed by atoms with Crippen molar-refractivity contribution in [3.05, 3.63) is 80.4 Å². The molecule has 0 saturated carbocycles. The van der Waals surface area contributed by atoms with Gasteiger partial charge < -0.3 is 4.42 Å². The number of fused-ring (bicyclic) bond motifs is 1. The van der Waals surface area contributed by atoms with Crippen molar-refractivity contribution in [2.75, 3.05) is 0 Å². The van der Waals surface area contributed by atoms with Crippen LogP contribution in [0.3, 0.4) is 0 Å². The monoisotopic (exact) mass is 271 g/mol. The maximum atomic E-state index is 12.9. The summed E-state index contributed by atoms with van der Waals surface area (Å²) in [4.78, 5) is 25.4. The van der Waals surface area contributed by atoms with Gasteiger partial charge in [0.1, 0.15) is 5.82 Å². The number of halogens is 1. The average molecular weight is 271 g/mol. The van der Waals surface area contributed by atoms with Crippen LogP contribution in [0.25, 0.3) is 10.9 Å². The largest absolute Gasteiger partial charge is 0.419 e. The lowest BCUT2D eigenvalue weighted by Gasteiger charge is -2.05. The molecular weight excluding hydrogens is 261 g/mol. The zero-order valence-electron chi connectivity index (χ0n) is 10.4. The van der Waals surface area contributed by atoms with Crippen LogP contribution < -0.4 is 11.4 Å². The van der Waals surface area contributed by atoms with E-state index in [1.54, 1.807) is 30.3 Å². The van der Waals surface area contributed by atoms with E-state index in [0.29, 0.717) is 17.3 Å². The van der Waals surface area contributed by atoms with E-state index < -0.39 is 11.4 Å². The second-order valence-electron chi connectivity index (χ2n) is 4.44. The van der Waals surface area contributed by atoms with E-state index in [-0.39, 0.29) is 5.82 Å². The molecule has 0 aliphatic rings. The number of aromatic nitrogens is 1. The van der Waals surface area contributed by atoms with Crippen LogP contribution in [0.15, 0.2) is 56.5 Å². The molecule has 0 saturated heterocycles. The molecule has 4 nitrogen and oxygen atoms in total. The lowest BCUT2D eigenvalue weighted by Crippen LogP contribution is -2.15. The topological polar surface area (TPSA) is 63.1 Å². The highest BCUT2D eigenvalue weighted by Crippen LogP contribution is 2.16. The molecule has 3 rings (SSSR count). The third kappa shape index (κ3) is 2.25. The van der Waals surface area contributed by atoms with Gasteiger partial charge in [0.25, 0.3) is 0 Å². The number of H-pyrrole nitrogens is 1. The lowest BCUT2D eigenvalue weighted by atomic mass is 10.0. The van der Waals surface area contributed by atoms with Crippen LogP contribution in [0.2, 0.25) is 0 Å². The Labute approximate surface area is 112 Å². The van der Waals surface area contributed by atoms with Crippen LogP contribution in [0.4, 0.5) is 4.39 Å².